The number of aromatic nitrogens is 1. The molecule has 0 aliphatic rings. The summed E-state index contributed by atoms with van der Waals surface area (Å²) >= 11 is 0. The van der Waals surface area contributed by atoms with Crippen molar-refractivity contribution in [2.24, 2.45) is 5.73 Å². The first kappa shape index (κ1) is 12.9. The molecule has 0 radical (unpaired) electrons. The zero-order valence-electron chi connectivity index (χ0n) is 10.7. The second kappa shape index (κ2) is 4.77. The topological polar surface area (TPSA) is 76.0 Å². The highest BCUT2D eigenvalue weighted by molar-refractivity contribution is 7.91. The molecule has 3 aromatic rings. The second-order valence-electron chi connectivity index (χ2n) is 4.55. The smallest absolute Gasteiger partial charge is 0.207 e. The third-order valence-corrected chi connectivity index (χ3v) is 5.14. The van der Waals surface area contributed by atoms with Gasteiger partial charge in [0.15, 0.2) is 0 Å². The van der Waals surface area contributed by atoms with Gasteiger partial charge in [0.2, 0.25) is 9.84 Å². The summed E-state index contributed by atoms with van der Waals surface area (Å²) in [4.78, 5) is 3.62. The molecular weight excluding hydrogens is 272 g/mol. The Morgan fingerprint density at radius 3 is 2.45 bits per heavy atom. The van der Waals surface area contributed by atoms with E-state index in [-0.39, 0.29) is 4.90 Å². The lowest BCUT2D eigenvalue weighted by Crippen LogP contribution is -2.03. The Morgan fingerprint density at radius 2 is 1.75 bits per heavy atom. The average Bonchev–Trinajstić information content (AvgIpc) is 2.95. The summed E-state index contributed by atoms with van der Waals surface area (Å²) < 4.78 is 25.4. The van der Waals surface area contributed by atoms with E-state index < -0.39 is 9.84 Å². The van der Waals surface area contributed by atoms with Gasteiger partial charge in [-0.05, 0) is 35.9 Å². The highest BCUT2D eigenvalue weighted by Gasteiger charge is 2.20. The quantitative estimate of drug-likeness (QED) is 0.776. The van der Waals surface area contributed by atoms with Crippen LogP contribution in [0, 0.1) is 0 Å². The summed E-state index contributed by atoms with van der Waals surface area (Å²) in [6.07, 6.45) is 1.74. The Labute approximate surface area is 117 Å². The number of nitrogens with one attached hydrogen (secondary N) is 1. The number of fused-ring (bicyclic) bond motifs is 1. The molecule has 0 aliphatic heterocycles. The predicted molar refractivity (Wildman–Crippen MR) is 78.1 cm³/mol. The maximum Gasteiger partial charge on any atom is 0.207 e. The van der Waals surface area contributed by atoms with Crippen LogP contribution in [0.1, 0.15) is 5.56 Å². The summed E-state index contributed by atoms with van der Waals surface area (Å²) in [6.45, 7) is 0.397. The number of nitrogens with two attached hydrogens (primary N) is 1. The number of rotatable bonds is 3. The molecular formula is C15H14N2O2S. The molecule has 1 heterocycles. The van der Waals surface area contributed by atoms with E-state index in [0.717, 1.165) is 11.1 Å². The first-order valence-corrected chi connectivity index (χ1v) is 7.71. The van der Waals surface area contributed by atoms with Crippen LogP contribution in [-0.4, -0.2) is 13.4 Å². The van der Waals surface area contributed by atoms with Crippen LogP contribution >= 0.6 is 0 Å². The number of H-pyrrole nitrogens is 1. The minimum atomic E-state index is -3.52. The van der Waals surface area contributed by atoms with E-state index in [9.17, 15) is 8.42 Å². The van der Waals surface area contributed by atoms with E-state index in [4.69, 9.17) is 5.73 Å². The van der Waals surface area contributed by atoms with Crippen molar-refractivity contribution in [1.29, 1.82) is 0 Å². The van der Waals surface area contributed by atoms with Crippen LogP contribution in [0.25, 0.3) is 10.9 Å². The van der Waals surface area contributed by atoms with E-state index in [1.165, 1.54) is 0 Å². The molecule has 5 heteroatoms. The highest BCUT2D eigenvalue weighted by Crippen LogP contribution is 2.27. The van der Waals surface area contributed by atoms with Gasteiger partial charge in [0, 0.05) is 23.6 Å². The zero-order chi connectivity index (χ0) is 14.2. The molecule has 1 aromatic heterocycles. The van der Waals surface area contributed by atoms with E-state index in [2.05, 4.69) is 4.98 Å². The maximum absolute atomic E-state index is 12.7. The molecule has 4 nitrogen and oxygen atoms in total. The zero-order valence-corrected chi connectivity index (χ0v) is 11.5. The number of sulfone groups is 1. The van der Waals surface area contributed by atoms with Crippen molar-refractivity contribution in [3.05, 3.63) is 60.3 Å². The van der Waals surface area contributed by atoms with Crippen molar-refractivity contribution in [2.45, 2.75) is 16.3 Å². The fraction of sp³-hybridized carbons (Fsp3) is 0.0667. The van der Waals surface area contributed by atoms with Crippen LogP contribution in [0.5, 0.6) is 0 Å². The van der Waals surface area contributed by atoms with Crippen LogP contribution in [0.4, 0.5) is 0 Å². The standard InChI is InChI=1S/C15H14N2O2S/c16-10-11-4-6-12(7-5-11)20(18,19)15-3-1-2-14-13(15)8-9-17-14/h1-9,17H,10,16H2. The van der Waals surface area contributed by atoms with Crippen LogP contribution < -0.4 is 5.73 Å². The van der Waals surface area contributed by atoms with Gasteiger partial charge in [0.25, 0.3) is 0 Å². The summed E-state index contributed by atoms with van der Waals surface area (Å²) in [5, 5.41) is 0.704. The molecule has 20 heavy (non-hydrogen) atoms. The van der Waals surface area contributed by atoms with Gasteiger partial charge >= 0.3 is 0 Å². The number of hydrogen-bond acceptors (Lipinski definition) is 3. The van der Waals surface area contributed by atoms with Gasteiger partial charge in [-0.3, -0.25) is 0 Å². The Bertz CT molecular complexity index is 849. The third kappa shape index (κ3) is 2.01. The van der Waals surface area contributed by atoms with Crippen LogP contribution in [0.15, 0.2) is 64.5 Å². The molecule has 0 fully saturated rings. The minimum absolute atomic E-state index is 0.281. The molecule has 0 saturated carbocycles. The van der Waals surface area contributed by atoms with E-state index >= 15 is 0 Å². The lowest BCUT2D eigenvalue weighted by molar-refractivity contribution is 0.597. The molecule has 0 saturated heterocycles. The van der Waals surface area contributed by atoms with Crippen LogP contribution in [-0.2, 0) is 16.4 Å². The van der Waals surface area contributed by atoms with Gasteiger partial charge < -0.3 is 10.7 Å². The van der Waals surface area contributed by atoms with Gasteiger partial charge in [0.05, 0.1) is 9.79 Å². The van der Waals surface area contributed by atoms with Gasteiger partial charge in [-0.25, -0.2) is 8.42 Å². The summed E-state index contributed by atoms with van der Waals surface area (Å²) in [5.74, 6) is 0. The van der Waals surface area contributed by atoms with Gasteiger partial charge in [-0.15, -0.1) is 0 Å². The molecule has 3 N–H and O–H groups in total. The van der Waals surface area contributed by atoms with E-state index in [1.807, 2.05) is 6.07 Å². The van der Waals surface area contributed by atoms with Crippen molar-refractivity contribution in [1.82, 2.24) is 4.98 Å². The van der Waals surface area contributed by atoms with Gasteiger partial charge in [0.1, 0.15) is 0 Å². The Balaban J connectivity index is 2.18. The lowest BCUT2D eigenvalue weighted by Gasteiger charge is -2.07. The van der Waals surface area contributed by atoms with Gasteiger partial charge in [-0.1, -0.05) is 18.2 Å². The molecule has 2 aromatic carbocycles. The average molecular weight is 286 g/mol. The van der Waals surface area contributed by atoms with Crippen LogP contribution in [0.3, 0.4) is 0 Å². The second-order valence-corrected chi connectivity index (χ2v) is 6.46. The molecule has 0 aliphatic carbocycles. The molecule has 0 bridgehead atoms. The summed E-state index contributed by atoms with van der Waals surface area (Å²) in [7, 11) is -3.52. The molecule has 0 spiro atoms. The first-order valence-electron chi connectivity index (χ1n) is 6.23. The summed E-state index contributed by atoms with van der Waals surface area (Å²) in [6, 6.07) is 13.7. The largest absolute Gasteiger partial charge is 0.361 e. The highest BCUT2D eigenvalue weighted by atomic mass is 32.2. The maximum atomic E-state index is 12.7. The molecule has 0 unspecified atom stereocenters. The number of benzene rings is 2. The number of aromatic amines is 1. The molecule has 3 rings (SSSR count). The van der Waals surface area contributed by atoms with E-state index in [0.29, 0.717) is 16.8 Å². The first-order chi connectivity index (χ1) is 9.63. The fourth-order valence-electron chi connectivity index (χ4n) is 2.22. The molecule has 0 amide bonds. The predicted octanol–water partition coefficient (Wildman–Crippen LogP) is 2.46. The minimum Gasteiger partial charge on any atom is -0.361 e. The Hall–Kier alpha value is -2.11. The van der Waals surface area contributed by atoms with Crippen molar-refractivity contribution in [3.63, 3.8) is 0 Å². The number of hydrogen-bond donors (Lipinski definition) is 2. The Kier molecular flexibility index (Phi) is 3.08. The van der Waals surface area contributed by atoms with Crippen molar-refractivity contribution in [2.75, 3.05) is 0 Å². The third-order valence-electron chi connectivity index (χ3n) is 3.31. The van der Waals surface area contributed by atoms with E-state index in [1.54, 1.807) is 48.7 Å². The van der Waals surface area contributed by atoms with Crippen molar-refractivity contribution < 1.29 is 8.42 Å². The van der Waals surface area contributed by atoms with Crippen molar-refractivity contribution >= 4 is 20.7 Å². The summed E-state index contributed by atoms with van der Waals surface area (Å²) in [5.41, 5.74) is 7.24. The van der Waals surface area contributed by atoms with Crippen molar-refractivity contribution in [3.8, 4) is 0 Å². The Morgan fingerprint density at radius 1 is 1.00 bits per heavy atom. The normalized spacial score (nSPS) is 11.8. The van der Waals surface area contributed by atoms with Crippen LogP contribution in [0.2, 0.25) is 0 Å². The monoisotopic (exact) mass is 286 g/mol. The molecule has 0 atom stereocenters. The molecule has 102 valence electrons. The van der Waals surface area contributed by atoms with Gasteiger partial charge in [-0.2, -0.15) is 0 Å². The fourth-order valence-corrected chi connectivity index (χ4v) is 3.70. The lowest BCUT2D eigenvalue weighted by atomic mass is 10.2. The SMILES string of the molecule is NCc1ccc(S(=O)(=O)c2cccc3[nH]ccc23)cc1.